The van der Waals surface area contributed by atoms with Crippen molar-refractivity contribution in [1.82, 2.24) is 4.90 Å². The summed E-state index contributed by atoms with van der Waals surface area (Å²) in [5, 5.41) is 9.91. The lowest BCUT2D eigenvalue weighted by Gasteiger charge is -2.26. The Kier molecular flexibility index (Phi) is 4.17. The molecule has 0 heterocycles. The van der Waals surface area contributed by atoms with E-state index in [4.69, 9.17) is 5.73 Å². The number of nitrogens with zero attached hydrogens (tertiary/aromatic N) is 1. The Morgan fingerprint density at radius 3 is 2.52 bits per heavy atom. The number of phenolic OH excluding ortho intramolecular Hbond substituents is 1. The minimum Gasteiger partial charge on any atom is -0.508 e. The molecule has 0 saturated carbocycles. The third-order valence-electron chi connectivity index (χ3n) is 3.80. The molecular weight excluding hydrogens is 264 g/mol. The van der Waals surface area contributed by atoms with Crippen LogP contribution in [0.4, 0.5) is 5.69 Å². The number of nitrogen functional groups attached to an aromatic ring is 1. The summed E-state index contributed by atoms with van der Waals surface area (Å²) in [6.45, 7) is 3.76. The summed E-state index contributed by atoms with van der Waals surface area (Å²) in [6.07, 6.45) is 0. The van der Waals surface area contributed by atoms with Gasteiger partial charge in [0.2, 0.25) is 0 Å². The molecule has 0 aliphatic carbocycles. The Morgan fingerprint density at radius 2 is 1.90 bits per heavy atom. The normalized spacial score (nSPS) is 12.0. The third kappa shape index (κ3) is 2.99. The maximum Gasteiger partial charge on any atom is 0.254 e. The van der Waals surface area contributed by atoms with Crippen molar-refractivity contribution in [2.45, 2.75) is 19.9 Å². The van der Waals surface area contributed by atoms with Gasteiger partial charge in [-0.3, -0.25) is 4.79 Å². The molecular formula is C17H20N2O2. The number of nitrogens with two attached hydrogens (primary N) is 1. The molecule has 1 atom stereocenters. The Balaban J connectivity index is 2.26. The van der Waals surface area contributed by atoms with Crippen molar-refractivity contribution >= 4 is 11.6 Å². The molecule has 4 nitrogen and oxygen atoms in total. The van der Waals surface area contributed by atoms with Crippen LogP contribution in [0.3, 0.4) is 0 Å². The maximum absolute atomic E-state index is 12.5. The fraction of sp³-hybridized carbons (Fsp3) is 0.235. The molecule has 3 N–H and O–H groups in total. The van der Waals surface area contributed by atoms with Crippen molar-refractivity contribution in [3.63, 3.8) is 0 Å². The third-order valence-corrected chi connectivity index (χ3v) is 3.80. The Bertz CT molecular complexity index is 668. The second-order valence-electron chi connectivity index (χ2n) is 5.22. The molecule has 0 spiro atoms. The van der Waals surface area contributed by atoms with Gasteiger partial charge in [-0.15, -0.1) is 0 Å². The van der Waals surface area contributed by atoms with Gasteiger partial charge in [0.15, 0.2) is 0 Å². The van der Waals surface area contributed by atoms with Crippen LogP contribution in [0.2, 0.25) is 0 Å². The first-order chi connectivity index (χ1) is 9.91. The number of hydrogen-bond donors (Lipinski definition) is 2. The Hall–Kier alpha value is -2.49. The summed E-state index contributed by atoms with van der Waals surface area (Å²) in [5.74, 6) is 0.0898. The van der Waals surface area contributed by atoms with E-state index < -0.39 is 0 Å². The zero-order valence-electron chi connectivity index (χ0n) is 12.5. The molecule has 4 heteroatoms. The zero-order valence-corrected chi connectivity index (χ0v) is 12.5. The van der Waals surface area contributed by atoms with Crippen LogP contribution >= 0.6 is 0 Å². The van der Waals surface area contributed by atoms with E-state index in [9.17, 15) is 9.90 Å². The number of aromatic hydroxyl groups is 1. The minimum atomic E-state index is -0.225. The number of benzene rings is 2. The molecule has 0 fully saturated rings. The van der Waals surface area contributed by atoms with E-state index >= 15 is 0 Å². The lowest BCUT2D eigenvalue weighted by Crippen LogP contribution is -2.29. The van der Waals surface area contributed by atoms with Gasteiger partial charge in [-0.25, -0.2) is 0 Å². The van der Waals surface area contributed by atoms with Crippen molar-refractivity contribution in [3.8, 4) is 5.75 Å². The van der Waals surface area contributed by atoms with E-state index in [0.29, 0.717) is 11.3 Å². The van der Waals surface area contributed by atoms with Gasteiger partial charge in [0.25, 0.3) is 5.91 Å². The van der Waals surface area contributed by atoms with Gasteiger partial charge >= 0.3 is 0 Å². The minimum absolute atomic E-state index is 0.103. The second-order valence-corrected chi connectivity index (χ2v) is 5.22. The predicted octanol–water partition coefficient (Wildman–Crippen LogP) is 3.12. The van der Waals surface area contributed by atoms with Crippen LogP contribution in [0.25, 0.3) is 0 Å². The number of carbonyl (C=O) groups excluding carboxylic acids is 1. The molecule has 0 bridgehead atoms. The summed E-state index contributed by atoms with van der Waals surface area (Å²) < 4.78 is 0. The Morgan fingerprint density at radius 1 is 1.24 bits per heavy atom. The van der Waals surface area contributed by atoms with E-state index in [-0.39, 0.29) is 17.7 Å². The van der Waals surface area contributed by atoms with Crippen molar-refractivity contribution < 1.29 is 9.90 Å². The summed E-state index contributed by atoms with van der Waals surface area (Å²) in [5.41, 5.74) is 8.64. The molecule has 0 aromatic heterocycles. The fourth-order valence-electron chi connectivity index (χ4n) is 2.24. The van der Waals surface area contributed by atoms with Gasteiger partial charge in [0, 0.05) is 23.9 Å². The Labute approximate surface area is 124 Å². The number of amides is 1. The van der Waals surface area contributed by atoms with E-state index in [1.807, 2.05) is 26.0 Å². The summed E-state index contributed by atoms with van der Waals surface area (Å²) in [4.78, 5) is 14.1. The number of carbonyl (C=O) groups is 1. The molecule has 2 aromatic rings. The molecule has 21 heavy (non-hydrogen) atoms. The highest BCUT2D eigenvalue weighted by Gasteiger charge is 2.21. The van der Waals surface area contributed by atoms with Crippen LogP contribution < -0.4 is 5.73 Å². The molecule has 1 amide bonds. The number of rotatable bonds is 3. The van der Waals surface area contributed by atoms with Crippen molar-refractivity contribution in [2.75, 3.05) is 12.8 Å². The average Bonchev–Trinajstić information content (AvgIpc) is 2.48. The van der Waals surface area contributed by atoms with E-state index in [0.717, 1.165) is 11.1 Å². The predicted molar refractivity (Wildman–Crippen MR) is 84.2 cm³/mol. The first-order valence-corrected chi connectivity index (χ1v) is 6.83. The lowest BCUT2D eigenvalue weighted by molar-refractivity contribution is 0.0741. The molecule has 2 rings (SSSR count). The second kappa shape index (κ2) is 5.87. The van der Waals surface area contributed by atoms with Crippen molar-refractivity contribution in [1.29, 1.82) is 0 Å². The molecule has 110 valence electrons. The number of phenols is 1. The number of anilines is 1. The monoisotopic (exact) mass is 284 g/mol. The van der Waals surface area contributed by atoms with Gasteiger partial charge in [-0.2, -0.15) is 0 Å². The van der Waals surface area contributed by atoms with Crippen LogP contribution in [0.5, 0.6) is 5.75 Å². The average molecular weight is 284 g/mol. The first-order valence-electron chi connectivity index (χ1n) is 6.83. The van der Waals surface area contributed by atoms with Crippen molar-refractivity contribution in [2.24, 2.45) is 0 Å². The molecule has 0 radical (unpaired) electrons. The highest BCUT2D eigenvalue weighted by Crippen LogP contribution is 2.28. The zero-order chi connectivity index (χ0) is 15.6. The quantitative estimate of drug-likeness (QED) is 0.851. The van der Waals surface area contributed by atoms with Crippen LogP contribution in [-0.2, 0) is 0 Å². The highest BCUT2D eigenvalue weighted by atomic mass is 16.3. The van der Waals surface area contributed by atoms with Crippen molar-refractivity contribution in [3.05, 3.63) is 59.2 Å². The van der Waals surface area contributed by atoms with Crippen LogP contribution in [-0.4, -0.2) is 23.0 Å². The van der Waals surface area contributed by atoms with Crippen LogP contribution in [0.1, 0.15) is 34.5 Å². The molecule has 0 aliphatic heterocycles. The summed E-state index contributed by atoms with van der Waals surface area (Å²) >= 11 is 0. The smallest absolute Gasteiger partial charge is 0.254 e. The van der Waals surface area contributed by atoms with Gasteiger partial charge in [-0.05, 0) is 43.7 Å². The topological polar surface area (TPSA) is 66.6 Å². The van der Waals surface area contributed by atoms with Crippen LogP contribution in [0.15, 0.2) is 42.5 Å². The fourth-order valence-corrected chi connectivity index (χ4v) is 2.24. The van der Waals surface area contributed by atoms with Gasteiger partial charge in [0.1, 0.15) is 5.75 Å². The highest BCUT2D eigenvalue weighted by molar-refractivity contribution is 5.95. The standard InChI is InChI=1S/C17H20N2O2/c1-11-10-13(8-9-15(11)18)17(21)19(3)12(2)14-6-4-5-7-16(14)20/h4-10,12,20H,18H2,1-3H3. The van der Waals surface area contributed by atoms with E-state index in [1.165, 1.54) is 0 Å². The molecule has 2 aromatic carbocycles. The number of aryl methyl sites for hydroxylation is 1. The lowest BCUT2D eigenvalue weighted by atomic mass is 10.0. The van der Waals surface area contributed by atoms with Crippen LogP contribution in [0, 0.1) is 6.92 Å². The first kappa shape index (κ1) is 14.9. The number of para-hydroxylation sites is 1. The summed E-state index contributed by atoms with van der Waals surface area (Å²) in [7, 11) is 1.73. The van der Waals surface area contributed by atoms with Gasteiger partial charge in [0.05, 0.1) is 6.04 Å². The molecule has 0 saturated heterocycles. The SMILES string of the molecule is Cc1cc(C(=O)N(C)C(C)c2ccccc2O)ccc1N. The summed E-state index contributed by atoms with van der Waals surface area (Å²) in [6, 6.07) is 12.1. The number of hydrogen-bond acceptors (Lipinski definition) is 3. The van der Waals surface area contributed by atoms with Gasteiger partial charge in [-0.1, -0.05) is 18.2 Å². The molecule has 0 aliphatic rings. The van der Waals surface area contributed by atoms with E-state index in [1.54, 1.807) is 42.3 Å². The van der Waals surface area contributed by atoms with Gasteiger partial charge < -0.3 is 15.7 Å². The largest absolute Gasteiger partial charge is 0.508 e. The molecule has 1 unspecified atom stereocenters. The maximum atomic E-state index is 12.5. The van der Waals surface area contributed by atoms with E-state index in [2.05, 4.69) is 0 Å².